The molecule has 3 heteroatoms. The Morgan fingerprint density at radius 3 is 2.69 bits per heavy atom. The first kappa shape index (κ1) is 11.9. The highest BCUT2D eigenvalue weighted by Crippen LogP contribution is 2.27. The lowest BCUT2D eigenvalue weighted by atomic mass is 10.0. The van der Waals surface area contributed by atoms with Crippen LogP contribution in [0.3, 0.4) is 0 Å². The zero-order valence-corrected chi connectivity index (χ0v) is 11.2. The largest absolute Gasteiger partial charge is 0.508 e. The summed E-state index contributed by atoms with van der Waals surface area (Å²) >= 11 is 3.60. The van der Waals surface area contributed by atoms with Crippen LogP contribution < -0.4 is 0 Å². The van der Waals surface area contributed by atoms with Crippen LogP contribution in [-0.4, -0.2) is 27.9 Å². The molecule has 0 radical (unpaired) electrons. The van der Waals surface area contributed by atoms with E-state index in [-0.39, 0.29) is 0 Å². The van der Waals surface area contributed by atoms with Crippen molar-refractivity contribution < 1.29 is 5.11 Å². The Hall–Kier alpha value is -0.540. The summed E-state index contributed by atoms with van der Waals surface area (Å²) in [6.07, 6.45) is 1.29. The van der Waals surface area contributed by atoms with Gasteiger partial charge in [0.2, 0.25) is 0 Å². The summed E-state index contributed by atoms with van der Waals surface area (Å²) in [5.74, 6) is 1.12. The van der Waals surface area contributed by atoms with Crippen molar-refractivity contribution in [3.8, 4) is 5.75 Å². The van der Waals surface area contributed by atoms with Crippen molar-refractivity contribution in [2.24, 2.45) is 5.92 Å². The Morgan fingerprint density at radius 2 is 2.06 bits per heavy atom. The second-order valence-electron chi connectivity index (χ2n) is 4.62. The Labute approximate surface area is 105 Å². The quantitative estimate of drug-likeness (QED) is 0.862. The molecule has 1 fully saturated rings. The number of alkyl halides is 1. The van der Waals surface area contributed by atoms with Crippen molar-refractivity contribution in [2.45, 2.75) is 25.9 Å². The van der Waals surface area contributed by atoms with E-state index in [0.717, 1.165) is 17.8 Å². The van der Waals surface area contributed by atoms with Gasteiger partial charge in [0, 0.05) is 17.9 Å². The fraction of sp³-hybridized carbons (Fsp3) is 0.538. The van der Waals surface area contributed by atoms with Gasteiger partial charge in [0.1, 0.15) is 5.75 Å². The molecule has 1 N–H and O–H groups in total. The molecule has 1 aliphatic heterocycles. The van der Waals surface area contributed by atoms with Gasteiger partial charge in [0.05, 0.1) is 0 Å². The molecule has 2 atom stereocenters. The number of hydrogen-bond acceptors (Lipinski definition) is 2. The molecule has 0 aliphatic carbocycles. The lowest BCUT2D eigenvalue weighted by molar-refractivity contribution is 0.244. The van der Waals surface area contributed by atoms with Crippen LogP contribution in [0.15, 0.2) is 24.3 Å². The lowest BCUT2D eigenvalue weighted by Gasteiger charge is -2.25. The fourth-order valence-electron chi connectivity index (χ4n) is 2.37. The van der Waals surface area contributed by atoms with Crippen LogP contribution in [0.1, 0.15) is 18.9 Å². The van der Waals surface area contributed by atoms with Gasteiger partial charge in [-0.05, 0) is 36.6 Å². The zero-order valence-electron chi connectivity index (χ0n) is 9.56. The molecule has 0 amide bonds. The molecular weight excluding hydrogens is 266 g/mol. The number of aromatic hydroxyl groups is 1. The summed E-state index contributed by atoms with van der Waals surface area (Å²) in [7, 11) is 0. The fourth-order valence-corrected chi connectivity index (χ4v) is 3.42. The first-order chi connectivity index (χ1) is 7.70. The van der Waals surface area contributed by atoms with Crippen molar-refractivity contribution in [2.75, 3.05) is 11.9 Å². The normalized spacial score (nSPS) is 26.1. The molecule has 1 aromatic carbocycles. The van der Waals surface area contributed by atoms with E-state index in [0.29, 0.717) is 11.8 Å². The number of nitrogens with zero attached hydrogens (tertiary/aromatic N) is 1. The number of halogens is 1. The molecule has 1 aromatic rings. The van der Waals surface area contributed by atoms with Gasteiger partial charge in [0.25, 0.3) is 0 Å². The van der Waals surface area contributed by atoms with E-state index in [1.54, 1.807) is 12.1 Å². The van der Waals surface area contributed by atoms with Crippen LogP contribution in [0.5, 0.6) is 5.75 Å². The highest BCUT2D eigenvalue weighted by molar-refractivity contribution is 9.09. The van der Waals surface area contributed by atoms with Crippen LogP contribution in [0.25, 0.3) is 0 Å². The van der Waals surface area contributed by atoms with Crippen molar-refractivity contribution in [1.82, 2.24) is 4.90 Å². The van der Waals surface area contributed by atoms with E-state index >= 15 is 0 Å². The molecule has 1 saturated heterocycles. The predicted molar refractivity (Wildman–Crippen MR) is 69.9 cm³/mol. The Bertz CT molecular complexity index is 338. The van der Waals surface area contributed by atoms with Gasteiger partial charge >= 0.3 is 0 Å². The third-order valence-electron chi connectivity index (χ3n) is 3.48. The Kier molecular flexibility index (Phi) is 3.87. The summed E-state index contributed by atoms with van der Waals surface area (Å²) in [4.78, 5) is 2.52. The SMILES string of the molecule is CC1CCN(Cc2ccc(O)cc2)C1CBr. The molecule has 2 rings (SSSR count). The van der Waals surface area contributed by atoms with Crippen molar-refractivity contribution in [3.05, 3.63) is 29.8 Å². The average molecular weight is 284 g/mol. The lowest BCUT2D eigenvalue weighted by Crippen LogP contribution is -2.32. The maximum Gasteiger partial charge on any atom is 0.115 e. The number of benzene rings is 1. The van der Waals surface area contributed by atoms with Gasteiger partial charge in [-0.2, -0.15) is 0 Å². The van der Waals surface area contributed by atoms with Gasteiger partial charge in [-0.25, -0.2) is 0 Å². The summed E-state index contributed by atoms with van der Waals surface area (Å²) < 4.78 is 0. The minimum Gasteiger partial charge on any atom is -0.508 e. The van der Waals surface area contributed by atoms with E-state index < -0.39 is 0 Å². The van der Waals surface area contributed by atoms with Crippen molar-refractivity contribution in [1.29, 1.82) is 0 Å². The number of hydrogen-bond donors (Lipinski definition) is 1. The number of likely N-dealkylation sites (tertiary alicyclic amines) is 1. The second-order valence-corrected chi connectivity index (χ2v) is 5.27. The highest BCUT2D eigenvalue weighted by Gasteiger charge is 2.29. The highest BCUT2D eigenvalue weighted by atomic mass is 79.9. The molecule has 16 heavy (non-hydrogen) atoms. The number of phenolic OH excluding ortho intramolecular Hbond substituents is 1. The number of rotatable bonds is 3. The van der Waals surface area contributed by atoms with Crippen LogP contribution in [0.4, 0.5) is 0 Å². The third kappa shape index (κ3) is 2.58. The van der Waals surface area contributed by atoms with Gasteiger partial charge in [0.15, 0.2) is 0 Å². The van der Waals surface area contributed by atoms with E-state index in [1.807, 2.05) is 12.1 Å². The molecular formula is C13H18BrNO. The molecule has 0 bridgehead atoms. The van der Waals surface area contributed by atoms with E-state index in [4.69, 9.17) is 0 Å². The standard InChI is InChI=1S/C13H18BrNO/c1-10-6-7-15(13(10)8-14)9-11-2-4-12(16)5-3-11/h2-5,10,13,16H,6-9H2,1H3. The minimum atomic E-state index is 0.343. The molecule has 1 aliphatic rings. The molecule has 0 aromatic heterocycles. The summed E-state index contributed by atoms with van der Waals surface area (Å²) in [5, 5.41) is 10.3. The van der Waals surface area contributed by atoms with Gasteiger partial charge < -0.3 is 5.11 Å². The van der Waals surface area contributed by atoms with Crippen LogP contribution in [-0.2, 0) is 6.54 Å². The summed E-state index contributed by atoms with van der Waals surface area (Å²) in [6.45, 7) is 4.49. The Balaban J connectivity index is 2.01. The van der Waals surface area contributed by atoms with Gasteiger partial charge in [-0.1, -0.05) is 35.0 Å². The van der Waals surface area contributed by atoms with Crippen molar-refractivity contribution >= 4 is 15.9 Å². The average Bonchev–Trinajstić information content (AvgIpc) is 2.63. The summed E-state index contributed by atoms with van der Waals surface area (Å²) in [6, 6.07) is 8.18. The zero-order chi connectivity index (χ0) is 11.5. The van der Waals surface area contributed by atoms with Crippen LogP contribution >= 0.6 is 15.9 Å². The second kappa shape index (κ2) is 5.19. The molecule has 88 valence electrons. The van der Waals surface area contributed by atoms with Gasteiger partial charge in [-0.15, -0.1) is 0 Å². The van der Waals surface area contributed by atoms with Crippen LogP contribution in [0, 0.1) is 5.92 Å². The molecule has 2 unspecified atom stereocenters. The molecule has 2 nitrogen and oxygen atoms in total. The smallest absolute Gasteiger partial charge is 0.115 e. The Morgan fingerprint density at radius 1 is 1.38 bits per heavy atom. The minimum absolute atomic E-state index is 0.343. The first-order valence-corrected chi connectivity index (χ1v) is 6.91. The third-order valence-corrected chi connectivity index (χ3v) is 4.14. The monoisotopic (exact) mass is 283 g/mol. The topological polar surface area (TPSA) is 23.5 Å². The predicted octanol–water partition coefficient (Wildman–Crippen LogP) is 3.00. The number of phenols is 1. The first-order valence-electron chi connectivity index (χ1n) is 5.78. The van der Waals surface area contributed by atoms with E-state index in [2.05, 4.69) is 27.8 Å². The van der Waals surface area contributed by atoms with Crippen molar-refractivity contribution in [3.63, 3.8) is 0 Å². The van der Waals surface area contributed by atoms with E-state index in [1.165, 1.54) is 18.5 Å². The maximum absolute atomic E-state index is 9.24. The summed E-state index contributed by atoms with van der Waals surface area (Å²) in [5.41, 5.74) is 1.28. The van der Waals surface area contributed by atoms with Gasteiger partial charge in [-0.3, -0.25) is 4.90 Å². The molecule has 1 heterocycles. The molecule has 0 spiro atoms. The van der Waals surface area contributed by atoms with Crippen LogP contribution in [0.2, 0.25) is 0 Å². The molecule has 0 saturated carbocycles. The maximum atomic E-state index is 9.24. The van der Waals surface area contributed by atoms with E-state index in [9.17, 15) is 5.11 Å².